The Kier molecular flexibility index (Phi) is 8.24. The van der Waals surface area contributed by atoms with Crippen molar-refractivity contribution >= 4 is 23.1 Å². The molecule has 0 aromatic heterocycles. The molecule has 164 valence electrons. The monoisotopic (exact) mass is 436 g/mol. The number of ketones is 1. The summed E-state index contributed by atoms with van der Waals surface area (Å²) in [6.45, 7) is 7.79. The smallest absolute Gasteiger partial charge is 0.193 e. The van der Waals surface area contributed by atoms with Crippen molar-refractivity contribution in [3.63, 3.8) is 0 Å². The van der Waals surface area contributed by atoms with E-state index in [0.717, 1.165) is 48.6 Å². The van der Waals surface area contributed by atoms with Crippen LogP contribution in [0.5, 0.6) is 5.75 Å². The summed E-state index contributed by atoms with van der Waals surface area (Å²) in [6, 6.07) is 17.2. The van der Waals surface area contributed by atoms with Crippen molar-refractivity contribution < 1.29 is 9.53 Å². The summed E-state index contributed by atoms with van der Waals surface area (Å²) < 4.78 is 5.85. The minimum atomic E-state index is -0.289. The van der Waals surface area contributed by atoms with E-state index >= 15 is 0 Å². The molecule has 0 amide bonds. The third-order valence-corrected chi connectivity index (χ3v) is 5.89. The van der Waals surface area contributed by atoms with Crippen molar-refractivity contribution in [1.29, 1.82) is 0 Å². The zero-order valence-electron chi connectivity index (χ0n) is 18.7. The quantitative estimate of drug-likeness (QED) is 0.279. The highest BCUT2D eigenvalue weighted by atomic mass is 32.1. The third-order valence-electron chi connectivity index (χ3n) is 5.55. The number of benzene rings is 2. The van der Waals surface area contributed by atoms with Crippen molar-refractivity contribution in [3.05, 3.63) is 77.0 Å². The summed E-state index contributed by atoms with van der Waals surface area (Å²) >= 11 is 5.66. The number of Topliss-reactive ketones (excluding diaryl/α,β-unsaturated/α-hetero) is 1. The van der Waals surface area contributed by atoms with Crippen LogP contribution in [0, 0.1) is 0 Å². The lowest BCUT2D eigenvalue weighted by Gasteiger charge is -2.38. The fourth-order valence-corrected chi connectivity index (χ4v) is 4.21. The molecule has 0 radical (unpaired) electrons. The molecule has 1 atom stereocenters. The molecule has 0 spiro atoms. The second kappa shape index (κ2) is 11.1. The number of nitrogens with zero attached hydrogens (tertiary/aromatic N) is 1. The molecule has 0 fully saturated rings. The van der Waals surface area contributed by atoms with Crippen LogP contribution in [-0.2, 0) is 0 Å². The molecule has 1 aliphatic heterocycles. The largest absolute Gasteiger partial charge is 0.494 e. The number of thiocarbonyl (C=S) groups is 1. The van der Waals surface area contributed by atoms with Crippen molar-refractivity contribution in [3.8, 4) is 5.75 Å². The molecule has 0 bridgehead atoms. The molecule has 1 aliphatic rings. The summed E-state index contributed by atoms with van der Waals surface area (Å²) in [6.07, 6.45) is 4.35. The topological polar surface area (TPSA) is 41.6 Å². The Bertz CT molecular complexity index is 922. The predicted octanol–water partition coefficient (Wildman–Crippen LogP) is 6.05. The van der Waals surface area contributed by atoms with E-state index in [2.05, 4.69) is 19.2 Å². The Morgan fingerprint density at radius 3 is 2.39 bits per heavy atom. The molecule has 2 aromatic carbocycles. The molecule has 2 aromatic rings. The van der Waals surface area contributed by atoms with Crippen LogP contribution in [0.3, 0.4) is 0 Å². The number of nitrogens with one attached hydrogen (secondary N) is 1. The first-order valence-corrected chi connectivity index (χ1v) is 11.6. The fourth-order valence-electron chi connectivity index (χ4n) is 3.86. The Morgan fingerprint density at radius 1 is 1.03 bits per heavy atom. The lowest BCUT2D eigenvalue weighted by Crippen LogP contribution is -2.47. The SMILES string of the molecule is CCCCCOc1ccc(C2NC(=S)N(CCC)C(C)=C2C(=O)c2ccccc2)cc1. The van der Waals surface area contributed by atoms with Crippen LogP contribution in [-0.4, -0.2) is 28.9 Å². The van der Waals surface area contributed by atoms with Gasteiger partial charge in [0.15, 0.2) is 10.9 Å². The van der Waals surface area contributed by atoms with Gasteiger partial charge in [-0.25, -0.2) is 0 Å². The van der Waals surface area contributed by atoms with Crippen molar-refractivity contribution in [2.24, 2.45) is 0 Å². The highest BCUT2D eigenvalue weighted by Gasteiger charge is 2.33. The standard InChI is InChI=1S/C26H32N2O2S/c1-4-6-10-18-30-22-15-13-20(14-16-22)24-23(25(29)21-11-8-7-9-12-21)19(3)28(17-5-2)26(31)27-24/h7-9,11-16,24H,4-6,10,17-18H2,1-3H3,(H,27,31). The van der Waals surface area contributed by atoms with E-state index in [4.69, 9.17) is 17.0 Å². The van der Waals surface area contributed by atoms with Gasteiger partial charge in [-0.05, 0) is 49.7 Å². The van der Waals surface area contributed by atoms with Crippen LogP contribution < -0.4 is 10.1 Å². The van der Waals surface area contributed by atoms with E-state index in [-0.39, 0.29) is 11.8 Å². The maximum atomic E-state index is 13.5. The molecule has 1 unspecified atom stereocenters. The van der Waals surface area contributed by atoms with Gasteiger partial charge in [0.2, 0.25) is 0 Å². The van der Waals surface area contributed by atoms with E-state index in [0.29, 0.717) is 10.7 Å². The molecule has 0 saturated heterocycles. The van der Waals surface area contributed by atoms with E-state index in [1.165, 1.54) is 12.8 Å². The zero-order chi connectivity index (χ0) is 22.2. The van der Waals surface area contributed by atoms with E-state index < -0.39 is 0 Å². The Hall–Kier alpha value is -2.66. The second-order valence-electron chi connectivity index (χ2n) is 7.85. The molecule has 0 aliphatic carbocycles. The minimum Gasteiger partial charge on any atom is -0.494 e. The number of rotatable bonds is 10. The summed E-state index contributed by atoms with van der Waals surface area (Å²) in [4.78, 5) is 15.6. The Morgan fingerprint density at radius 2 is 1.74 bits per heavy atom. The summed E-state index contributed by atoms with van der Waals surface area (Å²) in [5.41, 5.74) is 3.34. The fraction of sp³-hybridized carbons (Fsp3) is 0.385. The first-order valence-electron chi connectivity index (χ1n) is 11.2. The molecular weight excluding hydrogens is 404 g/mol. The van der Waals surface area contributed by atoms with Gasteiger partial charge in [-0.1, -0.05) is 69.2 Å². The minimum absolute atomic E-state index is 0.0269. The Labute approximate surface area is 191 Å². The number of hydrogen-bond donors (Lipinski definition) is 1. The van der Waals surface area contributed by atoms with Crippen molar-refractivity contribution in [2.75, 3.05) is 13.2 Å². The van der Waals surface area contributed by atoms with E-state index in [1.54, 1.807) is 0 Å². The number of ether oxygens (including phenoxy) is 1. The van der Waals surface area contributed by atoms with Crippen LogP contribution in [0.15, 0.2) is 65.9 Å². The maximum absolute atomic E-state index is 13.5. The average molecular weight is 437 g/mol. The number of unbranched alkanes of at least 4 members (excludes halogenated alkanes) is 2. The van der Waals surface area contributed by atoms with Crippen LogP contribution in [0.2, 0.25) is 0 Å². The van der Waals surface area contributed by atoms with Gasteiger partial charge in [-0.15, -0.1) is 0 Å². The second-order valence-corrected chi connectivity index (χ2v) is 8.24. The van der Waals surface area contributed by atoms with Crippen molar-refractivity contribution in [1.82, 2.24) is 10.2 Å². The van der Waals surface area contributed by atoms with Gasteiger partial charge in [0, 0.05) is 23.4 Å². The molecule has 0 saturated carbocycles. The first-order chi connectivity index (χ1) is 15.1. The number of carbonyl (C=O) groups is 1. The first kappa shape index (κ1) is 23.0. The molecular formula is C26H32N2O2S. The average Bonchev–Trinajstić information content (AvgIpc) is 2.80. The van der Waals surface area contributed by atoms with Gasteiger partial charge in [-0.2, -0.15) is 0 Å². The summed E-state index contributed by atoms with van der Waals surface area (Å²) in [7, 11) is 0. The maximum Gasteiger partial charge on any atom is 0.193 e. The van der Waals surface area contributed by atoms with Gasteiger partial charge in [0.05, 0.1) is 12.6 Å². The number of allylic oxidation sites excluding steroid dienone is 1. The van der Waals surface area contributed by atoms with E-state index in [9.17, 15) is 4.79 Å². The van der Waals surface area contributed by atoms with Gasteiger partial charge in [-0.3, -0.25) is 4.79 Å². The Balaban J connectivity index is 1.91. The van der Waals surface area contributed by atoms with Crippen molar-refractivity contribution in [2.45, 2.75) is 52.5 Å². The summed E-state index contributed by atoms with van der Waals surface area (Å²) in [5.74, 6) is 0.876. The lowest BCUT2D eigenvalue weighted by atomic mass is 9.89. The normalized spacial score (nSPS) is 16.3. The van der Waals surface area contributed by atoms with Crippen LogP contribution >= 0.6 is 12.2 Å². The molecule has 4 nitrogen and oxygen atoms in total. The molecule has 1 N–H and O–H groups in total. The lowest BCUT2D eigenvalue weighted by molar-refractivity contribution is 0.102. The highest BCUT2D eigenvalue weighted by Crippen LogP contribution is 2.33. The molecule has 1 heterocycles. The van der Waals surface area contributed by atoms with Gasteiger partial charge >= 0.3 is 0 Å². The van der Waals surface area contributed by atoms with Gasteiger partial charge in [0.1, 0.15) is 5.75 Å². The highest BCUT2D eigenvalue weighted by molar-refractivity contribution is 7.80. The van der Waals surface area contributed by atoms with Gasteiger partial charge in [0.25, 0.3) is 0 Å². The van der Waals surface area contributed by atoms with E-state index in [1.807, 2.05) is 66.4 Å². The van der Waals surface area contributed by atoms with Gasteiger partial charge < -0.3 is 15.0 Å². The van der Waals surface area contributed by atoms with Crippen LogP contribution in [0.25, 0.3) is 0 Å². The van der Waals surface area contributed by atoms with Crippen LogP contribution in [0.1, 0.15) is 68.4 Å². The molecule has 31 heavy (non-hydrogen) atoms. The number of hydrogen-bond acceptors (Lipinski definition) is 3. The predicted molar refractivity (Wildman–Crippen MR) is 130 cm³/mol. The summed E-state index contributed by atoms with van der Waals surface area (Å²) in [5, 5.41) is 4.08. The number of carbonyl (C=O) groups excluding carboxylic acids is 1. The van der Waals surface area contributed by atoms with Crippen LogP contribution in [0.4, 0.5) is 0 Å². The zero-order valence-corrected chi connectivity index (χ0v) is 19.5. The molecule has 3 rings (SSSR count). The third kappa shape index (κ3) is 5.53. The molecule has 5 heteroatoms.